The van der Waals surface area contributed by atoms with Gasteiger partial charge in [0.05, 0.1) is 6.54 Å². The van der Waals surface area contributed by atoms with E-state index in [0.717, 1.165) is 0 Å². The summed E-state index contributed by atoms with van der Waals surface area (Å²) in [5.41, 5.74) is 0. The van der Waals surface area contributed by atoms with Gasteiger partial charge in [-0.2, -0.15) is 5.10 Å². The van der Waals surface area contributed by atoms with E-state index in [1.165, 1.54) is 6.33 Å². The maximum Gasteiger partial charge on any atom is 0.318 e. The van der Waals surface area contributed by atoms with E-state index >= 15 is 0 Å². The summed E-state index contributed by atoms with van der Waals surface area (Å²) in [6.07, 6.45) is 1.86. The molecule has 2 amide bonds. The summed E-state index contributed by atoms with van der Waals surface area (Å²) in [4.78, 5) is 27.9. The molecule has 19 heavy (non-hydrogen) atoms. The number of carbonyl (C=O) groups excluding carboxylic acids is 1. The van der Waals surface area contributed by atoms with E-state index in [0.29, 0.717) is 18.8 Å². The molecule has 0 aromatic carbocycles. The zero-order valence-corrected chi connectivity index (χ0v) is 11.1. The molecule has 8 heteroatoms. The number of carboxylic acids is 1. The maximum absolute atomic E-state index is 12.0. The Balaban J connectivity index is 2.41. The second kappa shape index (κ2) is 7.34. The van der Waals surface area contributed by atoms with Crippen LogP contribution in [-0.4, -0.2) is 49.8 Å². The molecule has 0 aliphatic carbocycles. The number of hydrogen-bond acceptors (Lipinski definition) is 4. The van der Waals surface area contributed by atoms with Crippen molar-refractivity contribution in [2.75, 3.05) is 6.54 Å². The van der Waals surface area contributed by atoms with Gasteiger partial charge in [0, 0.05) is 19.0 Å². The quantitative estimate of drug-likeness (QED) is 0.670. The van der Waals surface area contributed by atoms with E-state index in [1.807, 2.05) is 13.8 Å². The molecule has 0 radical (unpaired) electrons. The minimum absolute atomic E-state index is 0.00326. The van der Waals surface area contributed by atoms with Crippen LogP contribution in [0.5, 0.6) is 0 Å². The molecular formula is C11H19N5O3. The Kier molecular flexibility index (Phi) is 5.77. The summed E-state index contributed by atoms with van der Waals surface area (Å²) < 4.78 is 0. The molecule has 0 aliphatic heterocycles. The Morgan fingerprint density at radius 3 is 2.79 bits per heavy atom. The Bertz CT molecular complexity index is 404. The molecular weight excluding hydrogens is 250 g/mol. The zero-order chi connectivity index (χ0) is 14.3. The van der Waals surface area contributed by atoms with Gasteiger partial charge in [-0.3, -0.25) is 9.89 Å². The second-order valence-electron chi connectivity index (χ2n) is 4.38. The molecule has 0 aliphatic rings. The molecule has 0 fully saturated rings. The fourth-order valence-electron chi connectivity index (χ4n) is 1.57. The number of urea groups is 1. The molecule has 1 aromatic heterocycles. The predicted octanol–water partition coefficient (Wildman–Crippen LogP) is 0.589. The van der Waals surface area contributed by atoms with Crippen LogP contribution in [0.2, 0.25) is 0 Å². The average molecular weight is 269 g/mol. The van der Waals surface area contributed by atoms with Crippen molar-refractivity contribution >= 4 is 12.0 Å². The van der Waals surface area contributed by atoms with Crippen LogP contribution in [0, 0.1) is 0 Å². The van der Waals surface area contributed by atoms with Gasteiger partial charge in [0.15, 0.2) is 0 Å². The number of H-pyrrole nitrogens is 1. The number of carboxylic acid groups (broad SMARTS) is 1. The van der Waals surface area contributed by atoms with Crippen molar-refractivity contribution in [2.45, 2.75) is 39.3 Å². The van der Waals surface area contributed by atoms with Crippen molar-refractivity contribution in [3.8, 4) is 0 Å². The highest BCUT2D eigenvalue weighted by Gasteiger charge is 2.16. The Labute approximate surface area is 111 Å². The van der Waals surface area contributed by atoms with E-state index in [-0.39, 0.29) is 25.0 Å². The summed E-state index contributed by atoms with van der Waals surface area (Å²) in [5.74, 6) is -0.284. The van der Waals surface area contributed by atoms with E-state index in [1.54, 1.807) is 4.90 Å². The summed E-state index contributed by atoms with van der Waals surface area (Å²) in [5, 5.41) is 17.6. The first-order valence-corrected chi connectivity index (χ1v) is 6.11. The summed E-state index contributed by atoms with van der Waals surface area (Å²) in [7, 11) is 0. The predicted molar refractivity (Wildman–Crippen MR) is 67.3 cm³/mol. The molecule has 1 aromatic rings. The fourth-order valence-corrected chi connectivity index (χ4v) is 1.57. The minimum atomic E-state index is -0.856. The largest absolute Gasteiger partial charge is 0.481 e. The van der Waals surface area contributed by atoms with E-state index in [2.05, 4.69) is 20.5 Å². The molecule has 0 unspecified atom stereocenters. The smallest absolute Gasteiger partial charge is 0.318 e. The van der Waals surface area contributed by atoms with Gasteiger partial charge in [0.2, 0.25) is 0 Å². The van der Waals surface area contributed by atoms with Crippen molar-refractivity contribution in [1.29, 1.82) is 0 Å². The highest BCUT2D eigenvalue weighted by molar-refractivity contribution is 5.74. The third-order valence-electron chi connectivity index (χ3n) is 2.55. The van der Waals surface area contributed by atoms with Crippen molar-refractivity contribution in [3.05, 3.63) is 12.2 Å². The van der Waals surface area contributed by atoms with Crippen molar-refractivity contribution in [3.63, 3.8) is 0 Å². The minimum Gasteiger partial charge on any atom is -0.481 e. The number of rotatable bonds is 7. The first kappa shape index (κ1) is 14.9. The van der Waals surface area contributed by atoms with Crippen LogP contribution < -0.4 is 5.32 Å². The normalized spacial score (nSPS) is 10.5. The summed E-state index contributed by atoms with van der Waals surface area (Å²) >= 11 is 0. The molecule has 8 nitrogen and oxygen atoms in total. The Morgan fingerprint density at radius 2 is 2.26 bits per heavy atom. The number of carbonyl (C=O) groups is 2. The highest BCUT2D eigenvalue weighted by Crippen LogP contribution is 2.03. The molecule has 0 saturated heterocycles. The molecule has 0 saturated carbocycles. The number of aromatic amines is 1. The number of nitrogens with zero attached hydrogens (tertiary/aromatic N) is 3. The lowest BCUT2D eigenvalue weighted by Gasteiger charge is -2.26. The first-order chi connectivity index (χ1) is 9.00. The highest BCUT2D eigenvalue weighted by atomic mass is 16.4. The van der Waals surface area contributed by atoms with Crippen LogP contribution in [0.25, 0.3) is 0 Å². The monoisotopic (exact) mass is 269 g/mol. The van der Waals surface area contributed by atoms with E-state index in [9.17, 15) is 9.59 Å². The number of aromatic nitrogens is 3. The second-order valence-corrected chi connectivity index (χ2v) is 4.38. The standard InChI is InChI=1S/C11H19N5O3/c1-8(2)16(5-3-4-10(17)18)11(19)12-6-9-13-7-14-15-9/h7-8H,3-6H2,1-2H3,(H,12,19)(H,17,18)(H,13,14,15). The Hall–Kier alpha value is -2.12. The maximum atomic E-state index is 12.0. The van der Waals surface area contributed by atoms with Crippen LogP contribution in [0.1, 0.15) is 32.5 Å². The molecule has 0 atom stereocenters. The lowest BCUT2D eigenvalue weighted by Crippen LogP contribution is -2.44. The number of hydrogen-bond donors (Lipinski definition) is 3. The van der Waals surface area contributed by atoms with Gasteiger partial charge >= 0.3 is 12.0 Å². The Morgan fingerprint density at radius 1 is 1.53 bits per heavy atom. The molecule has 106 valence electrons. The van der Waals surface area contributed by atoms with Crippen LogP contribution in [0.3, 0.4) is 0 Å². The van der Waals surface area contributed by atoms with E-state index in [4.69, 9.17) is 5.11 Å². The average Bonchev–Trinajstić information content (AvgIpc) is 2.84. The van der Waals surface area contributed by atoms with Crippen LogP contribution in [0.4, 0.5) is 4.79 Å². The third-order valence-corrected chi connectivity index (χ3v) is 2.55. The van der Waals surface area contributed by atoms with Gasteiger partial charge in [0.25, 0.3) is 0 Å². The van der Waals surface area contributed by atoms with E-state index < -0.39 is 5.97 Å². The first-order valence-electron chi connectivity index (χ1n) is 6.11. The molecule has 1 rings (SSSR count). The lowest BCUT2D eigenvalue weighted by atomic mass is 10.2. The lowest BCUT2D eigenvalue weighted by molar-refractivity contribution is -0.137. The summed E-state index contributed by atoms with van der Waals surface area (Å²) in [6.45, 7) is 4.44. The van der Waals surface area contributed by atoms with Crippen LogP contribution in [-0.2, 0) is 11.3 Å². The van der Waals surface area contributed by atoms with Crippen molar-refractivity contribution in [2.24, 2.45) is 0 Å². The van der Waals surface area contributed by atoms with Crippen LogP contribution in [0.15, 0.2) is 6.33 Å². The molecule has 3 N–H and O–H groups in total. The molecule has 0 spiro atoms. The number of amides is 2. The van der Waals surface area contributed by atoms with Crippen molar-refractivity contribution < 1.29 is 14.7 Å². The number of nitrogens with one attached hydrogen (secondary N) is 2. The SMILES string of the molecule is CC(C)N(CCCC(=O)O)C(=O)NCc1ncn[nH]1. The van der Waals surface area contributed by atoms with Gasteiger partial charge in [0.1, 0.15) is 12.2 Å². The van der Waals surface area contributed by atoms with Crippen LogP contribution >= 0.6 is 0 Å². The number of aliphatic carboxylic acids is 1. The topological polar surface area (TPSA) is 111 Å². The molecule has 1 heterocycles. The van der Waals surface area contributed by atoms with Gasteiger partial charge < -0.3 is 15.3 Å². The van der Waals surface area contributed by atoms with Gasteiger partial charge in [-0.05, 0) is 20.3 Å². The molecule has 0 bridgehead atoms. The van der Waals surface area contributed by atoms with Gasteiger partial charge in [-0.25, -0.2) is 9.78 Å². The zero-order valence-electron chi connectivity index (χ0n) is 11.1. The fraction of sp³-hybridized carbons (Fsp3) is 0.636. The van der Waals surface area contributed by atoms with Gasteiger partial charge in [-0.1, -0.05) is 0 Å². The van der Waals surface area contributed by atoms with Crippen molar-refractivity contribution in [1.82, 2.24) is 25.4 Å². The summed E-state index contributed by atoms with van der Waals surface area (Å²) in [6, 6.07) is -0.236. The third kappa shape index (κ3) is 5.36. The van der Waals surface area contributed by atoms with Gasteiger partial charge in [-0.15, -0.1) is 0 Å².